The highest BCUT2D eigenvalue weighted by atomic mass is 16.5. The maximum absolute atomic E-state index is 13.0. The Morgan fingerprint density at radius 1 is 1.30 bits per heavy atom. The van der Waals surface area contributed by atoms with Crippen molar-refractivity contribution in [2.75, 3.05) is 6.61 Å². The van der Waals surface area contributed by atoms with Gasteiger partial charge in [0.25, 0.3) is 5.91 Å². The first-order valence-electron chi connectivity index (χ1n) is 10.1. The second-order valence-electron chi connectivity index (χ2n) is 8.24. The lowest BCUT2D eigenvalue weighted by molar-refractivity contribution is -0.130. The van der Waals surface area contributed by atoms with Crippen LogP contribution >= 0.6 is 0 Å². The van der Waals surface area contributed by atoms with E-state index in [1.807, 2.05) is 36.7 Å². The van der Waals surface area contributed by atoms with Crippen molar-refractivity contribution < 1.29 is 19.1 Å². The summed E-state index contributed by atoms with van der Waals surface area (Å²) in [6.07, 6.45) is 5.18. The number of hydrogen-bond acceptors (Lipinski definition) is 5. The minimum atomic E-state index is -1.09. The first-order chi connectivity index (χ1) is 14.2. The van der Waals surface area contributed by atoms with Crippen LogP contribution in [-0.2, 0) is 14.3 Å². The van der Waals surface area contributed by atoms with Gasteiger partial charge in [0, 0.05) is 23.6 Å². The molecule has 1 fully saturated rings. The summed E-state index contributed by atoms with van der Waals surface area (Å²) in [5.74, 6) is -0.737. The number of carbonyl (C=O) groups is 3. The average molecular weight is 412 g/mol. The molecule has 160 valence electrons. The summed E-state index contributed by atoms with van der Waals surface area (Å²) >= 11 is 0. The van der Waals surface area contributed by atoms with Gasteiger partial charge in [0.15, 0.2) is 5.78 Å². The molecule has 3 unspecified atom stereocenters. The van der Waals surface area contributed by atoms with Crippen molar-refractivity contribution >= 4 is 17.6 Å². The van der Waals surface area contributed by atoms with E-state index < -0.39 is 17.7 Å². The lowest BCUT2D eigenvalue weighted by Crippen LogP contribution is -2.60. The number of aromatic nitrogens is 2. The van der Waals surface area contributed by atoms with Crippen molar-refractivity contribution in [1.82, 2.24) is 20.2 Å². The summed E-state index contributed by atoms with van der Waals surface area (Å²) in [5.41, 5.74) is 0.228. The zero-order valence-corrected chi connectivity index (χ0v) is 17.7. The number of amides is 2. The summed E-state index contributed by atoms with van der Waals surface area (Å²) in [7, 11) is 0. The van der Waals surface area contributed by atoms with Gasteiger partial charge in [-0.3, -0.25) is 14.4 Å². The van der Waals surface area contributed by atoms with E-state index in [2.05, 4.69) is 15.6 Å². The molecule has 8 heteroatoms. The minimum absolute atomic E-state index is 0.0254. The van der Waals surface area contributed by atoms with Crippen LogP contribution in [0.5, 0.6) is 0 Å². The first-order valence-corrected chi connectivity index (χ1v) is 10.1. The summed E-state index contributed by atoms with van der Waals surface area (Å²) < 4.78 is 7.21. The Morgan fingerprint density at radius 2 is 2.00 bits per heavy atom. The Kier molecular flexibility index (Phi) is 6.36. The molecular formula is C22H28N4O4. The predicted molar refractivity (Wildman–Crippen MR) is 111 cm³/mol. The summed E-state index contributed by atoms with van der Waals surface area (Å²) in [6.45, 7) is 7.33. The van der Waals surface area contributed by atoms with Crippen LogP contribution in [0.4, 0.5) is 0 Å². The van der Waals surface area contributed by atoms with E-state index in [9.17, 15) is 14.4 Å². The third-order valence-electron chi connectivity index (χ3n) is 5.50. The maximum Gasteiger partial charge on any atom is 0.251 e. The second-order valence-corrected chi connectivity index (χ2v) is 8.24. The van der Waals surface area contributed by atoms with Crippen molar-refractivity contribution in [2.24, 2.45) is 5.92 Å². The van der Waals surface area contributed by atoms with E-state index in [0.29, 0.717) is 12.0 Å². The van der Waals surface area contributed by atoms with Crippen LogP contribution in [0.3, 0.4) is 0 Å². The highest BCUT2D eigenvalue weighted by Crippen LogP contribution is 2.22. The smallest absolute Gasteiger partial charge is 0.251 e. The molecule has 2 aromatic rings. The Morgan fingerprint density at radius 3 is 2.53 bits per heavy atom. The molecule has 3 rings (SSSR count). The number of ketones is 1. The third-order valence-corrected chi connectivity index (χ3v) is 5.50. The van der Waals surface area contributed by atoms with Gasteiger partial charge in [-0.2, -0.15) is 0 Å². The fraction of sp³-hybridized carbons (Fsp3) is 0.455. The molecule has 1 aliphatic rings. The predicted octanol–water partition coefficient (Wildman–Crippen LogP) is 1.88. The van der Waals surface area contributed by atoms with Crippen molar-refractivity contribution in [1.29, 1.82) is 0 Å². The van der Waals surface area contributed by atoms with E-state index in [0.717, 1.165) is 5.69 Å². The largest absolute Gasteiger partial charge is 0.368 e. The number of carbonyl (C=O) groups excluding carboxylic acids is 3. The Hall–Kier alpha value is -3.00. The van der Waals surface area contributed by atoms with Gasteiger partial charge in [-0.1, -0.05) is 13.8 Å². The molecule has 1 aromatic heterocycles. The quantitative estimate of drug-likeness (QED) is 0.723. The molecule has 30 heavy (non-hydrogen) atoms. The monoisotopic (exact) mass is 412 g/mol. The van der Waals surface area contributed by atoms with Crippen molar-refractivity contribution in [2.45, 2.75) is 51.8 Å². The van der Waals surface area contributed by atoms with Crippen molar-refractivity contribution in [3.8, 4) is 5.69 Å². The number of nitrogens with zero attached hydrogens (tertiary/aromatic N) is 2. The number of hydrogen-bond donors (Lipinski definition) is 2. The number of Topliss-reactive ketones (excluding diaryl/α,β-unsaturated/α-hetero) is 1. The molecule has 0 saturated carbocycles. The van der Waals surface area contributed by atoms with Crippen LogP contribution in [0.15, 0.2) is 43.0 Å². The first kappa shape index (κ1) is 21.7. The highest BCUT2D eigenvalue weighted by Gasteiger charge is 2.47. The Bertz CT molecular complexity index is 908. The molecular weight excluding hydrogens is 384 g/mol. The van der Waals surface area contributed by atoms with E-state index in [-0.39, 0.29) is 30.1 Å². The van der Waals surface area contributed by atoms with Crippen LogP contribution in [-0.4, -0.2) is 51.4 Å². The van der Waals surface area contributed by atoms with Gasteiger partial charge in [-0.25, -0.2) is 4.98 Å². The molecule has 1 aliphatic heterocycles. The molecule has 0 aliphatic carbocycles. The number of nitrogens with one attached hydrogen (secondary N) is 2. The van der Waals surface area contributed by atoms with Gasteiger partial charge < -0.3 is 19.9 Å². The van der Waals surface area contributed by atoms with Gasteiger partial charge in [0.2, 0.25) is 5.91 Å². The molecule has 2 N–H and O–H groups in total. The lowest BCUT2D eigenvalue weighted by Gasteiger charge is -2.30. The van der Waals surface area contributed by atoms with Crippen LogP contribution in [0.25, 0.3) is 5.69 Å². The Labute approximate surface area is 176 Å². The van der Waals surface area contributed by atoms with Crippen LogP contribution in [0.2, 0.25) is 0 Å². The van der Waals surface area contributed by atoms with E-state index in [1.165, 1.54) is 0 Å². The average Bonchev–Trinajstić information content (AvgIpc) is 3.32. The zero-order valence-electron chi connectivity index (χ0n) is 17.7. The van der Waals surface area contributed by atoms with Gasteiger partial charge in [0.1, 0.15) is 18.2 Å². The molecule has 0 bridgehead atoms. The molecule has 1 saturated heterocycles. The molecule has 0 radical (unpaired) electrons. The van der Waals surface area contributed by atoms with Crippen molar-refractivity contribution in [3.05, 3.63) is 48.5 Å². The fourth-order valence-electron chi connectivity index (χ4n) is 3.40. The highest BCUT2D eigenvalue weighted by molar-refractivity contribution is 6.00. The normalized spacial score (nSPS) is 22.2. The zero-order chi connectivity index (χ0) is 21.9. The molecule has 2 heterocycles. The van der Waals surface area contributed by atoms with Gasteiger partial charge in [-0.05, 0) is 50.5 Å². The Balaban J connectivity index is 1.71. The molecule has 8 nitrogen and oxygen atoms in total. The number of ether oxygens (including phenoxy) is 1. The molecule has 2 amide bonds. The van der Waals surface area contributed by atoms with Crippen LogP contribution in [0, 0.1) is 5.92 Å². The van der Waals surface area contributed by atoms with Crippen molar-refractivity contribution in [3.63, 3.8) is 0 Å². The summed E-state index contributed by atoms with van der Waals surface area (Å²) in [5, 5.41) is 5.62. The summed E-state index contributed by atoms with van der Waals surface area (Å²) in [4.78, 5) is 42.0. The molecule has 0 spiro atoms. The topological polar surface area (TPSA) is 102 Å². The van der Waals surface area contributed by atoms with Gasteiger partial charge in [-0.15, -0.1) is 0 Å². The van der Waals surface area contributed by atoms with Crippen LogP contribution in [0.1, 0.15) is 44.5 Å². The number of imidazole rings is 1. The van der Waals surface area contributed by atoms with Gasteiger partial charge in [0.05, 0.1) is 12.4 Å². The number of rotatable bonds is 7. The number of benzene rings is 1. The standard InChI is InChI=1S/C22H28N4O4/c1-14(2)11-18(21(29)25-22(4)15(3)30-12-19(22)27)24-20(28)16-5-7-17(8-6-16)26-10-9-23-13-26/h5-10,13-15,18H,11-12H2,1-4H3,(H,24,28)(H,25,29). The SMILES string of the molecule is CC(C)CC(NC(=O)c1ccc(-n2ccnc2)cc1)C(=O)NC1(C)C(=O)COC1C. The fourth-order valence-corrected chi connectivity index (χ4v) is 3.40. The summed E-state index contributed by atoms with van der Waals surface area (Å²) in [6, 6.07) is 6.26. The van der Waals surface area contributed by atoms with Crippen LogP contribution < -0.4 is 10.6 Å². The minimum Gasteiger partial charge on any atom is -0.368 e. The van der Waals surface area contributed by atoms with E-state index in [4.69, 9.17) is 4.74 Å². The molecule has 3 atom stereocenters. The second kappa shape index (κ2) is 8.79. The van der Waals surface area contributed by atoms with E-state index >= 15 is 0 Å². The lowest BCUT2D eigenvalue weighted by atomic mass is 9.92. The van der Waals surface area contributed by atoms with Gasteiger partial charge >= 0.3 is 0 Å². The molecule has 1 aromatic carbocycles. The third kappa shape index (κ3) is 4.59. The maximum atomic E-state index is 13.0. The van der Waals surface area contributed by atoms with E-state index in [1.54, 1.807) is 38.5 Å².